The lowest BCUT2D eigenvalue weighted by atomic mass is 10.1. The highest BCUT2D eigenvalue weighted by Gasteiger charge is 2.26. The van der Waals surface area contributed by atoms with Crippen molar-refractivity contribution in [1.29, 1.82) is 0 Å². The molecule has 0 radical (unpaired) electrons. The third-order valence-electron chi connectivity index (χ3n) is 3.48. The number of rotatable bonds is 7. The molecule has 0 amide bonds. The van der Waals surface area contributed by atoms with Crippen LogP contribution >= 0.6 is 11.6 Å². The second-order valence-corrected chi connectivity index (χ2v) is 5.72. The Morgan fingerprint density at radius 3 is 2.42 bits per heavy atom. The molecule has 26 heavy (non-hydrogen) atoms. The van der Waals surface area contributed by atoms with Crippen LogP contribution in [0.15, 0.2) is 42.5 Å². The van der Waals surface area contributed by atoms with Gasteiger partial charge in [-0.1, -0.05) is 11.6 Å². The molecule has 8 heteroatoms. The van der Waals surface area contributed by atoms with Crippen molar-refractivity contribution in [3.05, 3.63) is 68.7 Å². The average molecular weight is 378 g/mol. The first-order chi connectivity index (χ1) is 12.3. The fraction of sp³-hybridized carbons (Fsp3) is 0.222. The molecule has 0 bridgehead atoms. The van der Waals surface area contributed by atoms with E-state index >= 15 is 0 Å². The van der Waals surface area contributed by atoms with Crippen LogP contribution in [0.1, 0.15) is 34.6 Å². The monoisotopic (exact) mass is 377 g/mol. The summed E-state index contributed by atoms with van der Waals surface area (Å²) in [4.78, 5) is 35.0. The molecule has 0 heterocycles. The highest BCUT2D eigenvalue weighted by Crippen LogP contribution is 2.24. The highest BCUT2D eigenvalue weighted by atomic mass is 35.5. The molecule has 1 atom stereocenters. The number of hydrogen-bond donors (Lipinski definition) is 0. The first-order valence-corrected chi connectivity index (χ1v) is 8.13. The van der Waals surface area contributed by atoms with Crippen molar-refractivity contribution < 1.29 is 24.0 Å². The van der Waals surface area contributed by atoms with Gasteiger partial charge in [-0.15, -0.1) is 0 Å². The number of Topliss-reactive ketones (excluding diaryl/α,β-unsaturated/α-hetero) is 1. The van der Waals surface area contributed by atoms with Crippen LogP contribution in [0.5, 0.6) is 5.75 Å². The lowest BCUT2D eigenvalue weighted by Crippen LogP contribution is -2.24. The Kier molecular flexibility index (Phi) is 6.30. The zero-order valence-corrected chi connectivity index (χ0v) is 14.9. The summed E-state index contributed by atoms with van der Waals surface area (Å²) in [7, 11) is 0. The number of nitrogens with zero attached hydrogens (tertiary/aromatic N) is 1. The van der Waals surface area contributed by atoms with Gasteiger partial charge in [0.1, 0.15) is 11.3 Å². The minimum Gasteiger partial charge on any atom is -0.494 e. The maximum atomic E-state index is 12.4. The summed E-state index contributed by atoms with van der Waals surface area (Å²) in [6.45, 7) is 3.74. The van der Waals surface area contributed by atoms with Crippen molar-refractivity contribution in [3.63, 3.8) is 0 Å². The normalized spacial score (nSPS) is 11.5. The van der Waals surface area contributed by atoms with Crippen molar-refractivity contribution in [2.24, 2.45) is 0 Å². The summed E-state index contributed by atoms with van der Waals surface area (Å²) < 4.78 is 10.4. The van der Waals surface area contributed by atoms with Crippen molar-refractivity contribution in [3.8, 4) is 5.75 Å². The van der Waals surface area contributed by atoms with Gasteiger partial charge < -0.3 is 9.47 Å². The SMILES string of the molecule is CCOc1ccc(C(=O)[C@H](C)OC(=O)c2cc(Cl)ccc2[N+](=O)[O-])cc1. The van der Waals surface area contributed by atoms with E-state index in [-0.39, 0.29) is 10.6 Å². The lowest BCUT2D eigenvalue weighted by molar-refractivity contribution is -0.385. The molecule has 136 valence electrons. The number of ether oxygens (including phenoxy) is 2. The Bertz CT molecular complexity index is 834. The van der Waals surface area contributed by atoms with E-state index in [1.165, 1.54) is 13.0 Å². The van der Waals surface area contributed by atoms with E-state index in [2.05, 4.69) is 0 Å². The van der Waals surface area contributed by atoms with Crippen LogP contribution in [0.2, 0.25) is 5.02 Å². The molecule has 0 saturated carbocycles. The first kappa shape index (κ1) is 19.4. The van der Waals surface area contributed by atoms with Gasteiger partial charge in [-0.2, -0.15) is 0 Å². The van der Waals surface area contributed by atoms with Gasteiger partial charge in [0.2, 0.25) is 5.78 Å². The van der Waals surface area contributed by atoms with E-state index < -0.39 is 28.5 Å². The van der Waals surface area contributed by atoms with E-state index in [0.717, 1.165) is 12.1 Å². The van der Waals surface area contributed by atoms with Crippen LogP contribution in [-0.4, -0.2) is 29.4 Å². The van der Waals surface area contributed by atoms with E-state index in [9.17, 15) is 19.7 Å². The van der Waals surface area contributed by atoms with Crippen molar-refractivity contribution in [2.45, 2.75) is 20.0 Å². The summed E-state index contributed by atoms with van der Waals surface area (Å²) in [5.41, 5.74) is -0.427. The van der Waals surface area contributed by atoms with Crippen molar-refractivity contribution >= 4 is 29.0 Å². The van der Waals surface area contributed by atoms with Crippen LogP contribution in [-0.2, 0) is 4.74 Å². The Morgan fingerprint density at radius 2 is 1.85 bits per heavy atom. The number of benzene rings is 2. The Hall–Kier alpha value is -2.93. The largest absolute Gasteiger partial charge is 0.494 e. The van der Waals surface area contributed by atoms with Crippen LogP contribution in [0.4, 0.5) is 5.69 Å². The Labute approximate surface area is 154 Å². The van der Waals surface area contributed by atoms with Crippen LogP contribution in [0.3, 0.4) is 0 Å². The van der Waals surface area contributed by atoms with Crippen molar-refractivity contribution in [1.82, 2.24) is 0 Å². The number of carbonyl (C=O) groups excluding carboxylic acids is 2. The van der Waals surface area contributed by atoms with E-state index in [4.69, 9.17) is 21.1 Å². The molecule has 0 fully saturated rings. The minimum atomic E-state index is -1.13. The second kappa shape index (κ2) is 8.44. The predicted octanol–water partition coefficient (Wildman–Crippen LogP) is 4.08. The van der Waals surface area contributed by atoms with Gasteiger partial charge in [0.15, 0.2) is 6.10 Å². The molecule has 0 aliphatic heterocycles. The number of esters is 1. The van der Waals surface area contributed by atoms with Gasteiger partial charge >= 0.3 is 5.97 Å². The molecule has 2 rings (SSSR count). The van der Waals surface area contributed by atoms with Gasteiger partial charge in [-0.3, -0.25) is 14.9 Å². The van der Waals surface area contributed by atoms with Crippen LogP contribution in [0, 0.1) is 10.1 Å². The molecule has 0 N–H and O–H groups in total. The number of hydrogen-bond acceptors (Lipinski definition) is 6. The van der Waals surface area contributed by atoms with E-state index in [0.29, 0.717) is 17.9 Å². The maximum Gasteiger partial charge on any atom is 0.345 e. The number of nitro benzene ring substituents is 1. The third-order valence-corrected chi connectivity index (χ3v) is 3.71. The topological polar surface area (TPSA) is 95.7 Å². The fourth-order valence-electron chi connectivity index (χ4n) is 2.23. The molecule has 0 saturated heterocycles. The molecule has 0 aliphatic rings. The molecule has 2 aromatic rings. The maximum absolute atomic E-state index is 12.4. The molecule has 0 unspecified atom stereocenters. The minimum absolute atomic E-state index is 0.146. The lowest BCUT2D eigenvalue weighted by Gasteiger charge is -2.13. The van der Waals surface area contributed by atoms with Crippen molar-refractivity contribution in [2.75, 3.05) is 6.61 Å². The van der Waals surface area contributed by atoms with Gasteiger partial charge in [-0.05, 0) is 50.2 Å². The summed E-state index contributed by atoms with van der Waals surface area (Å²) in [5, 5.41) is 11.2. The summed E-state index contributed by atoms with van der Waals surface area (Å²) in [6, 6.07) is 9.91. The third kappa shape index (κ3) is 4.58. The molecule has 0 aliphatic carbocycles. The quantitative estimate of drug-likeness (QED) is 0.312. The van der Waals surface area contributed by atoms with E-state index in [1.54, 1.807) is 24.3 Å². The smallest absolute Gasteiger partial charge is 0.345 e. The second-order valence-electron chi connectivity index (χ2n) is 5.29. The van der Waals surface area contributed by atoms with Gasteiger partial charge in [-0.25, -0.2) is 4.79 Å². The highest BCUT2D eigenvalue weighted by molar-refractivity contribution is 6.31. The Morgan fingerprint density at radius 1 is 1.19 bits per heavy atom. The molecule has 0 spiro atoms. The summed E-state index contributed by atoms with van der Waals surface area (Å²) in [6.07, 6.45) is -1.13. The zero-order valence-electron chi connectivity index (χ0n) is 14.1. The molecular weight excluding hydrogens is 362 g/mol. The molecular formula is C18H16ClNO6. The summed E-state index contributed by atoms with van der Waals surface area (Å²) >= 11 is 5.79. The predicted molar refractivity (Wildman–Crippen MR) is 94.9 cm³/mol. The number of carbonyl (C=O) groups is 2. The standard InChI is InChI=1S/C18H16ClNO6/c1-3-25-14-7-4-12(5-8-14)17(21)11(2)26-18(22)15-10-13(19)6-9-16(15)20(23)24/h4-11H,3H2,1-2H3/t11-/m0/s1. The number of nitro groups is 1. The Balaban J connectivity index is 2.15. The van der Waals surface area contributed by atoms with Gasteiger partial charge in [0.25, 0.3) is 5.69 Å². The molecule has 0 aromatic heterocycles. The number of ketones is 1. The van der Waals surface area contributed by atoms with Gasteiger partial charge in [0.05, 0.1) is 11.5 Å². The average Bonchev–Trinajstić information content (AvgIpc) is 2.61. The van der Waals surface area contributed by atoms with Crippen LogP contribution in [0.25, 0.3) is 0 Å². The molecule has 7 nitrogen and oxygen atoms in total. The molecule has 2 aromatic carbocycles. The first-order valence-electron chi connectivity index (χ1n) is 7.75. The van der Waals surface area contributed by atoms with Gasteiger partial charge in [0, 0.05) is 16.7 Å². The number of halogens is 1. The fourth-order valence-corrected chi connectivity index (χ4v) is 2.40. The van der Waals surface area contributed by atoms with Crippen LogP contribution < -0.4 is 4.74 Å². The summed E-state index contributed by atoms with van der Waals surface area (Å²) in [5.74, 6) is -0.819. The zero-order chi connectivity index (χ0) is 19.3. The van der Waals surface area contributed by atoms with E-state index in [1.807, 2.05) is 6.92 Å².